The summed E-state index contributed by atoms with van der Waals surface area (Å²) < 4.78 is 0. The molecule has 0 bridgehead atoms. The molecule has 2 saturated heterocycles. The highest BCUT2D eigenvalue weighted by atomic mass is 16.3. The number of hydrogen-bond acceptors (Lipinski definition) is 4. The molecule has 0 radical (unpaired) electrons. The van der Waals surface area contributed by atoms with E-state index in [1.807, 2.05) is 48.5 Å². The predicted molar refractivity (Wildman–Crippen MR) is 109 cm³/mol. The van der Waals surface area contributed by atoms with Crippen molar-refractivity contribution in [2.45, 2.75) is 12.1 Å². The van der Waals surface area contributed by atoms with Gasteiger partial charge in [0.25, 0.3) is 0 Å². The molecule has 5 rings (SSSR count). The number of fused-ring (bicyclic) bond motifs is 1. The summed E-state index contributed by atoms with van der Waals surface area (Å²) in [5.41, 5.74) is 2.47. The summed E-state index contributed by atoms with van der Waals surface area (Å²) >= 11 is 0. The lowest BCUT2D eigenvalue weighted by atomic mass is 9.84. The maximum atomic E-state index is 13.4. The van der Waals surface area contributed by atoms with E-state index in [0.717, 1.165) is 11.1 Å². The van der Waals surface area contributed by atoms with Gasteiger partial charge in [-0.15, -0.1) is 0 Å². The monoisotopic (exact) mass is 384 g/mol. The highest BCUT2D eigenvalue weighted by Crippen LogP contribution is 2.50. The van der Waals surface area contributed by atoms with Crippen LogP contribution >= 0.6 is 0 Å². The first-order chi connectivity index (χ1) is 14.1. The Morgan fingerprint density at radius 3 is 1.69 bits per heavy atom. The number of nitrogens with one attached hydrogen (secondary N) is 1. The van der Waals surface area contributed by atoms with Crippen molar-refractivity contribution in [2.24, 2.45) is 11.8 Å². The van der Waals surface area contributed by atoms with Crippen LogP contribution in [-0.2, 0) is 9.59 Å². The zero-order valence-electron chi connectivity index (χ0n) is 15.6. The number of carbonyl (C=O) groups is 2. The minimum atomic E-state index is -0.502. The van der Waals surface area contributed by atoms with Gasteiger partial charge in [-0.3, -0.25) is 9.59 Å². The summed E-state index contributed by atoms with van der Waals surface area (Å²) in [6.07, 6.45) is 0. The van der Waals surface area contributed by atoms with Gasteiger partial charge < -0.3 is 10.4 Å². The minimum Gasteiger partial charge on any atom is -0.508 e. The van der Waals surface area contributed by atoms with Crippen LogP contribution in [-0.4, -0.2) is 16.9 Å². The average Bonchev–Trinajstić information content (AvgIpc) is 3.27. The second kappa shape index (κ2) is 6.87. The molecule has 4 atom stereocenters. The van der Waals surface area contributed by atoms with E-state index in [-0.39, 0.29) is 29.6 Å². The molecule has 2 N–H and O–H groups in total. The number of hydrogen-bond donors (Lipinski definition) is 2. The third-order valence-electron chi connectivity index (χ3n) is 5.90. The Labute approximate surface area is 168 Å². The van der Waals surface area contributed by atoms with Gasteiger partial charge in [0.15, 0.2) is 0 Å². The van der Waals surface area contributed by atoms with E-state index in [2.05, 4.69) is 5.32 Å². The molecule has 2 heterocycles. The number of nitrogens with zero attached hydrogens (tertiary/aromatic N) is 1. The normalized spacial score (nSPS) is 26.0. The molecule has 5 nitrogen and oxygen atoms in total. The molecule has 144 valence electrons. The summed E-state index contributed by atoms with van der Waals surface area (Å²) in [5, 5.41) is 13.2. The highest BCUT2D eigenvalue weighted by molar-refractivity contribution is 6.22. The van der Waals surface area contributed by atoms with Gasteiger partial charge in [0.1, 0.15) is 5.75 Å². The Kier molecular flexibility index (Phi) is 4.18. The van der Waals surface area contributed by atoms with E-state index in [1.54, 1.807) is 36.4 Å². The molecule has 2 aliphatic heterocycles. The molecule has 0 spiro atoms. The zero-order valence-corrected chi connectivity index (χ0v) is 15.6. The smallest absolute Gasteiger partial charge is 0.239 e. The fourth-order valence-corrected chi connectivity index (χ4v) is 4.60. The van der Waals surface area contributed by atoms with Crippen LogP contribution in [0.2, 0.25) is 0 Å². The fourth-order valence-electron chi connectivity index (χ4n) is 4.60. The lowest BCUT2D eigenvalue weighted by Crippen LogP contribution is -2.36. The standard InChI is InChI=1S/C24H20N2O3/c27-18-13-11-16(12-14-18)22-20-19(21(25-22)15-7-3-1-4-8-15)23(28)26(24(20)29)17-9-5-2-6-10-17/h1-14,19-22,25,27H/t19-,20+,21-,22+/m1/s1. The maximum Gasteiger partial charge on any atom is 0.239 e. The number of carbonyl (C=O) groups excluding carboxylic acids is 2. The third-order valence-corrected chi connectivity index (χ3v) is 5.90. The van der Waals surface area contributed by atoms with Crippen LogP contribution < -0.4 is 10.2 Å². The molecule has 2 amide bonds. The lowest BCUT2D eigenvalue weighted by Gasteiger charge is -2.23. The van der Waals surface area contributed by atoms with Crippen LogP contribution in [0.25, 0.3) is 0 Å². The molecule has 0 unspecified atom stereocenters. The third kappa shape index (κ3) is 2.82. The van der Waals surface area contributed by atoms with Crippen molar-refractivity contribution in [3.8, 4) is 5.75 Å². The molecule has 5 heteroatoms. The van der Waals surface area contributed by atoms with Crippen LogP contribution in [0.15, 0.2) is 84.9 Å². The Morgan fingerprint density at radius 2 is 1.14 bits per heavy atom. The lowest BCUT2D eigenvalue weighted by molar-refractivity contribution is -0.123. The SMILES string of the molecule is O=C1[C@@H]2[C@H](C(=O)N1c1ccccc1)[C@H](c1ccc(O)cc1)N[C@@H]2c1ccccc1. The topological polar surface area (TPSA) is 69.6 Å². The Bertz CT molecular complexity index is 1050. The van der Waals surface area contributed by atoms with Gasteiger partial charge in [0.2, 0.25) is 11.8 Å². The van der Waals surface area contributed by atoms with Gasteiger partial charge in [0.05, 0.1) is 17.5 Å². The van der Waals surface area contributed by atoms with Gasteiger partial charge in [-0.05, 0) is 35.4 Å². The summed E-state index contributed by atoms with van der Waals surface area (Å²) in [6, 6.07) is 25.1. The molecule has 0 aliphatic carbocycles. The van der Waals surface area contributed by atoms with Crippen LogP contribution in [0.1, 0.15) is 23.2 Å². The molecule has 3 aromatic rings. The minimum absolute atomic E-state index is 0.169. The first-order valence-corrected chi connectivity index (χ1v) is 9.68. The molecule has 3 aromatic carbocycles. The first kappa shape index (κ1) is 17.6. The zero-order chi connectivity index (χ0) is 20.0. The quantitative estimate of drug-likeness (QED) is 0.677. The number of phenolic OH excluding ortho intramolecular Hbond substituents is 1. The van der Waals surface area contributed by atoms with Crippen molar-refractivity contribution < 1.29 is 14.7 Å². The van der Waals surface area contributed by atoms with Crippen molar-refractivity contribution in [1.82, 2.24) is 5.32 Å². The highest BCUT2D eigenvalue weighted by Gasteiger charge is 2.59. The maximum absolute atomic E-state index is 13.4. The summed E-state index contributed by atoms with van der Waals surface area (Å²) in [6.45, 7) is 0. The molecular formula is C24H20N2O3. The van der Waals surface area contributed by atoms with E-state index in [1.165, 1.54) is 4.90 Å². The van der Waals surface area contributed by atoms with Crippen molar-refractivity contribution in [3.63, 3.8) is 0 Å². The number of rotatable bonds is 3. The number of aromatic hydroxyl groups is 1. The molecule has 2 fully saturated rings. The van der Waals surface area contributed by atoms with Crippen molar-refractivity contribution in [2.75, 3.05) is 4.90 Å². The van der Waals surface area contributed by atoms with E-state index >= 15 is 0 Å². The second-order valence-corrected chi connectivity index (χ2v) is 7.52. The van der Waals surface area contributed by atoms with E-state index < -0.39 is 11.8 Å². The van der Waals surface area contributed by atoms with Crippen molar-refractivity contribution >= 4 is 17.5 Å². The number of anilines is 1. The average molecular weight is 384 g/mol. The molecule has 0 aromatic heterocycles. The van der Waals surface area contributed by atoms with Crippen molar-refractivity contribution in [1.29, 1.82) is 0 Å². The molecule has 0 saturated carbocycles. The number of para-hydroxylation sites is 1. The second-order valence-electron chi connectivity index (χ2n) is 7.52. The number of phenols is 1. The van der Waals surface area contributed by atoms with E-state index in [0.29, 0.717) is 5.69 Å². The van der Waals surface area contributed by atoms with E-state index in [9.17, 15) is 14.7 Å². The molecular weight excluding hydrogens is 364 g/mol. The van der Waals surface area contributed by atoms with Gasteiger partial charge >= 0.3 is 0 Å². The Balaban J connectivity index is 1.60. The Morgan fingerprint density at radius 1 is 0.655 bits per heavy atom. The van der Waals surface area contributed by atoms with Gasteiger partial charge in [-0.1, -0.05) is 60.7 Å². The van der Waals surface area contributed by atoms with Crippen LogP contribution in [0.4, 0.5) is 5.69 Å². The predicted octanol–water partition coefficient (Wildman–Crippen LogP) is 3.58. The van der Waals surface area contributed by atoms with Crippen LogP contribution in [0, 0.1) is 11.8 Å². The van der Waals surface area contributed by atoms with Gasteiger partial charge in [-0.2, -0.15) is 0 Å². The number of imide groups is 1. The molecule has 2 aliphatic rings. The van der Waals surface area contributed by atoms with Crippen LogP contribution in [0.3, 0.4) is 0 Å². The number of amides is 2. The fraction of sp³-hybridized carbons (Fsp3) is 0.167. The summed E-state index contributed by atoms with van der Waals surface area (Å²) in [7, 11) is 0. The summed E-state index contributed by atoms with van der Waals surface area (Å²) in [5.74, 6) is -1.17. The Hall–Kier alpha value is -3.44. The van der Waals surface area contributed by atoms with Gasteiger partial charge in [-0.25, -0.2) is 4.90 Å². The molecule has 29 heavy (non-hydrogen) atoms. The van der Waals surface area contributed by atoms with E-state index in [4.69, 9.17) is 0 Å². The number of benzene rings is 3. The first-order valence-electron chi connectivity index (χ1n) is 9.68. The van der Waals surface area contributed by atoms with Crippen molar-refractivity contribution in [3.05, 3.63) is 96.1 Å². The van der Waals surface area contributed by atoms with Gasteiger partial charge in [0, 0.05) is 12.1 Å². The summed E-state index contributed by atoms with van der Waals surface area (Å²) in [4.78, 5) is 28.2. The van der Waals surface area contributed by atoms with Crippen LogP contribution in [0.5, 0.6) is 5.75 Å². The largest absolute Gasteiger partial charge is 0.508 e.